The fraction of sp³-hybridized carbons (Fsp3) is 0.133. The van der Waals surface area contributed by atoms with Crippen molar-refractivity contribution in [3.8, 4) is 0 Å². The van der Waals surface area contributed by atoms with Gasteiger partial charge in [-0.2, -0.15) is 0 Å². The van der Waals surface area contributed by atoms with Crippen molar-refractivity contribution >= 4 is 43.5 Å². The fourth-order valence-electron chi connectivity index (χ4n) is 1.80. The van der Waals surface area contributed by atoms with Crippen LogP contribution in [0.1, 0.15) is 11.1 Å². The maximum Gasteiger partial charge on any atom is 0.228 e. The Balaban J connectivity index is 2.03. The molecule has 0 unspecified atom stereocenters. The van der Waals surface area contributed by atoms with Gasteiger partial charge in [-0.05, 0) is 48.4 Å². The van der Waals surface area contributed by atoms with Crippen LogP contribution in [0.5, 0.6) is 0 Å². The summed E-state index contributed by atoms with van der Waals surface area (Å²) < 4.78 is 1.98. The SMILES string of the molecule is Cc1cc(Br)cc(NC(=O)Cc2ccc(Br)cc2)c1. The minimum atomic E-state index is -0.0141. The Bertz CT molecular complexity index is 573. The minimum absolute atomic E-state index is 0.0141. The Morgan fingerprint density at radius 2 is 1.74 bits per heavy atom. The Morgan fingerprint density at radius 1 is 1.05 bits per heavy atom. The van der Waals surface area contributed by atoms with Gasteiger partial charge in [0, 0.05) is 14.6 Å². The number of amides is 1. The molecule has 0 aliphatic heterocycles. The highest BCUT2D eigenvalue weighted by molar-refractivity contribution is 9.10. The van der Waals surface area contributed by atoms with Crippen molar-refractivity contribution in [1.82, 2.24) is 0 Å². The third-order valence-corrected chi connectivity index (χ3v) is 3.59. The quantitative estimate of drug-likeness (QED) is 0.818. The lowest BCUT2D eigenvalue weighted by Gasteiger charge is -2.07. The van der Waals surface area contributed by atoms with E-state index in [2.05, 4.69) is 37.2 Å². The van der Waals surface area contributed by atoms with Gasteiger partial charge >= 0.3 is 0 Å². The van der Waals surface area contributed by atoms with Gasteiger partial charge in [-0.15, -0.1) is 0 Å². The molecular formula is C15H13Br2NO. The lowest BCUT2D eigenvalue weighted by molar-refractivity contribution is -0.115. The first kappa shape index (κ1) is 14.3. The van der Waals surface area contributed by atoms with Crippen LogP contribution in [0.15, 0.2) is 51.4 Å². The summed E-state index contributed by atoms with van der Waals surface area (Å²) in [4.78, 5) is 12.0. The molecule has 2 aromatic rings. The first-order valence-corrected chi connectivity index (χ1v) is 7.43. The van der Waals surface area contributed by atoms with Gasteiger partial charge in [0.2, 0.25) is 5.91 Å². The number of anilines is 1. The summed E-state index contributed by atoms with van der Waals surface area (Å²) in [5.74, 6) is -0.0141. The van der Waals surface area contributed by atoms with E-state index >= 15 is 0 Å². The number of rotatable bonds is 3. The lowest BCUT2D eigenvalue weighted by Crippen LogP contribution is -2.14. The summed E-state index contributed by atoms with van der Waals surface area (Å²) in [6.07, 6.45) is 0.374. The molecule has 0 aromatic heterocycles. The van der Waals surface area contributed by atoms with Gasteiger partial charge in [-0.1, -0.05) is 44.0 Å². The van der Waals surface area contributed by atoms with E-state index in [4.69, 9.17) is 0 Å². The Hall–Kier alpha value is -1.13. The van der Waals surface area contributed by atoms with Gasteiger partial charge in [0.1, 0.15) is 0 Å². The topological polar surface area (TPSA) is 29.1 Å². The molecular weight excluding hydrogens is 370 g/mol. The zero-order valence-electron chi connectivity index (χ0n) is 10.4. The van der Waals surface area contributed by atoms with Crippen molar-refractivity contribution in [2.75, 3.05) is 5.32 Å². The Labute approximate surface area is 129 Å². The van der Waals surface area contributed by atoms with Gasteiger partial charge in [0.05, 0.1) is 6.42 Å². The summed E-state index contributed by atoms with van der Waals surface area (Å²) >= 11 is 6.80. The number of carbonyl (C=O) groups excluding carboxylic acids is 1. The van der Waals surface area contributed by atoms with E-state index in [1.165, 1.54) is 0 Å². The highest BCUT2D eigenvalue weighted by atomic mass is 79.9. The number of hydrogen-bond donors (Lipinski definition) is 1. The predicted octanol–water partition coefficient (Wildman–Crippen LogP) is 4.70. The van der Waals surface area contributed by atoms with Crippen LogP contribution in [-0.4, -0.2) is 5.91 Å². The molecule has 0 saturated heterocycles. The largest absolute Gasteiger partial charge is 0.326 e. The van der Waals surface area contributed by atoms with Crippen molar-refractivity contribution in [2.24, 2.45) is 0 Å². The third kappa shape index (κ3) is 4.48. The summed E-state index contributed by atoms with van der Waals surface area (Å²) in [6, 6.07) is 13.6. The second kappa shape index (κ2) is 6.35. The van der Waals surface area contributed by atoms with E-state index in [1.54, 1.807) is 0 Å². The van der Waals surface area contributed by atoms with Gasteiger partial charge in [-0.25, -0.2) is 0 Å². The van der Waals surface area contributed by atoms with Crippen LogP contribution < -0.4 is 5.32 Å². The van der Waals surface area contributed by atoms with Crippen LogP contribution in [0.2, 0.25) is 0 Å². The molecule has 0 atom stereocenters. The number of nitrogens with one attached hydrogen (secondary N) is 1. The molecule has 4 heteroatoms. The van der Waals surface area contributed by atoms with Crippen LogP contribution in [0.25, 0.3) is 0 Å². The van der Waals surface area contributed by atoms with E-state index in [0.717, 1.165) is 25.8 Å². The van der Waals surface area contributed by atoms with Crippen molar-refractivity contribution in [2.45, 2.75) is 13.3 Å². The number of halogens is 2. The van der Waals surface area contributed by atoms with E-state index in [1.807, 2.05) is 49.4 Å². The highest BCUT2D eigenvalue weighted by Gasteiger charge is 2.05. The summed E-state index contributed by atoms with van der Waals surface area (Å²) in [5.41, 5.74) is 2.91. The first-order chi connectivity index (χ1) is 9.02. The first-order valence-electron chi connectivity index (χ1n) is 5.84. The molecule has 19 heavy (non-hydrogen) atoms. The summed E-state index contributed by atoms with van der Waals surface area (Å²) in [5, 5.41) is 2.91. The highest BCUT2D eigenvalue weighted by Crippen LogP contribution is 2.19. The number of benzene rings is 2. The van der Waals surface area contributed by atoms with Crippen molar-refractivity contribution in [3.05, 3.63) is 62.5 Å². The summed E-state index contributed by atoms with van der Waals surface area (Å²) in [6.45, 7) is 2.00. The van der Waals surface area contributed by atoms with Crippen molar-refractivity contribution in [1.29, 1.82) is 0 Å². The molecule has 98 valence electrons. The Kier molecular flexibility index (Phi) is 4.77. The maximum atomic E-state index is 12.0. The number of carbonyl (C=O) groups is 1. The zero-order valence-corrected chi connectivity index (χ0v) is 13.6. The molecule has 0 fully saturated rings. The Morgan fingerprint density at radius 3 is 2.37 bits per heavy atom. The molecule has 0 radical (unpaired) electrons. The van der Waals surface area contributed by atoms with Gasteiger partial charge in [0.15, 0.2) is 0 Å². The molecule has 1 amide bonds. The smallest absolute Gasteiger partial charge is 0.228 e. The molecule has 0 spiro atoms. The average Bonchev–Trinajstić information content (AvgIpc) is 2.30. The van der Waals surface area contributed by atoms with Gasteiger partial charge in [0.25, 0.3) is 0 Å². The number of hydrogen-bond acceptors (Lipinski definition) is 1. The van der Waals surface area contributed by atoms with Crippen molar-refractivity contribution in [3.63, 3.8) is 0 Å². The molecule has 2 rings (SSSR count). The molecule has 2 nitrogen and oxygen atoms in total. The van der Waals surface area contributed by atoms with Gasteiger partial charge in [-0.3, -0.25) is 4.79 Å². The van der Waals surface area contributed by atoms with Crippen LogP contribution in [0, 0.1) is 6.92 Å². The second-order valence-corrected chi connectivity index (χ2v) is 6.20. The van der Waals surface area contributed by atoms with Crippen LogP contribution in [0.4, 0.5) is 5.69 Å². The lowest BCUT2D eigenvalue weighted by atomic mass is 10.1. The van der Waals surface area contributed by atoms with E-state index < -0.39 is 0 Å². The van der Waals surface area contributed by atoms with Crippen LogP contribution in [-0.2, 0) is 11.2 Å². The van der Waals surface area contributed by atoms with E-state index in [-0.39, 0.29) is 5.91 Å². The fourth-order valence-corrected chi connectivity index (χ4v) is 2.67. The molecule has 0 heterocycles. The van der Waals surface area contributed by atoms with E-state index in [9.17, 15) is 4.79 Å². The molecule has 2 aromatic carbocycles. The van der Waals surface area contributed by atoms with E-state index in [0.29, 0.717) is 6.42 Å². The monoisotopic (exact) mass is 381 g/mol. The molecule has 0 bridgehead atoms. The van der Waals surface area contributed by atoms with Crippen LogP contribution in [0.3, 0.4) is 0 Å². The molecule has 0 saturated carbocycles. The second-order valence-electron chi connectivity index (χ2n) is 4.37. The zero-order chi connectivity index (χ0) is 13.8. The standard InChI is InChI=1S/C15H13Br2NO/c1-10-6-13(17)9-14(7-10)18-15(19)8-11-2-4-12(16)5-3-11/h2-7,9H,8H2,1H3,(H,18,19). The maximum absolute atomic E-state index is 12.0. The van der Waals surface area contributed by atoms with Gasteiger partial charge < -0.3 is 5.32 Å². The van der Waals surface area contributed by atoms with Crippen molar-refractivity contribution < 1.29 is 4.79 Å². The molecule has 1 N–H and O–H groups in total. The third-order valence-electron chi connectivity index (χ3n) is 2.60. The van der Waals surface area contributed by atoms with Crippen LogP contribution >= 0.6 is 31.9 Å². The number of aryl methyl sites for hydroxylation is 1. The predicted molar refractivity (Wildman–Crippen MR) is 85.4 cm³/mol. The molecule has 0 aliphatic carbocycles. The molecule has 0 aliphatic rings. The minimum Gasteiger partial charge on any atom is -0.326 e. The average molecular weight is 383 g/mol. The normalized spacial score (nSPS) is 10.3. The summed E-state index contributed by atoms with van der Waals surface area (Å²) in [7, 11) is 0.